The van der Waals surface area contributed by atoms with Crippen LogP contribution in [0.15, 0.2) is 36.4 Å². The van der Waals surface area contributed by atoms with Gasteiger partial charge >= 0.3 is 0 Å². The monoisotopic (exact) mass is 215 g/mol. The van der Waals surface area contributed by atoms with Crippen LogP contribution in [0.5, 0.6) is 0 Å². The first kappa shape index (κ1) is 10.7. The van der Waals surface area contributed by atoms with Crippen molar-refractivity contribution >= 4 is 5.69 Å². The van der Waals surface area contributed by atoms with E-state index >= 15 is 0 Å². The summed E-state index contributed by atoms with van der Waals surface area (Å²) in [7, 11) is 0. The number of aryl methyl sites for hydroxylation is 2. The maximum Gasteiger partial charge on any atom is 0.123 e. The Hall–Kier alpha value is -1.83. The van der Waals surface area contributed by atoms with Crippen LogP contribution in [0, 0.1) is 19.7 Å². The van der Waals surface area contributed by atoms with Gasteiger partial charge in [-0.1, -0.05) is 12.1 Å². The molecule has 0 bridgehead atoms. The lowest BCUT2D eigenvalue weighted by Crippen LogP contribution is -1.91. The van der Waals surface area contributed by atoms with Gasteiger partial charge in [0.05, 0.1) is 0 Å². The summed E-state index contributed by atoms with van der Waals surface area (Å²) in [6.45, 7) is 3.88. The van der Waals surface area contributed by atoms with Gasteiger partial charge in [-0.15, -0.1) is 0 Å². The standard InChI is InChI=1S/C14H14FN/c1-9-8-12(15)4-5-13(9)11-3-6-14(16)10(2)7-11/h3-8H,16H2,1-2H3. The van der Waals surface area contributed by atoms with Crippen LogP contribution in [0.2, 0.25) is 0 Å². The van der Waals surface area contributed by atoms with E-state index in [1.54, 1.807) is 12.1 Å². The molecule has 0 aliphatic heterocycles. The zero-order valence-corrected chi connectivity index (χ0v) is 9.42. The Bertz CT molecular complexity index is 532. The van der Waals surface area contributed by atoms with E-state index in [1.165, 1.54) is 6.07 Å². The van der Waals surface area contributed by atoms with Gasteiger partial charge in [0.25, 0.3) is 0 Å². The molecule has 16 heavy (non-hydrogen) atoms. The molecule has 2 aromatic rings. The number of benzene rings is 2. The number of nitrogens with two attached hydrogens (primary N) is 1. The minimum atomic E-state index is -0.201. The summed E-state index contributed by atoms with van der Waals surface area (Å²) < 4.78 is 13.0. The van der Waals surface area contributed by atoms with Gasteiger partial charge in [0.15, 0.2) is 0 Å². The number of halogens is 1. The molecule has 0 atom stereocenters. The fourth-order valence-corrected chi connectivity index (χ4v) is 1.79. The fraction of sp³-hybridized carbons (Fsp3) is 0.143. The third-order valence-electron chi connectivity index (χ3n) is 2.77. The predicted octanol–water partition coefficient (Wildman–Crippen LogP) is 3.69. The van der Waals surface area contributed by atoms with Crippen molar-refractivity contribution in [2.75, 3.05) is 5.73 Å². The highest BCUT2D eigenvalue weighted by Crippen LogP contribution is 2.26. The molecular formula is C14H14FN. The SMILES string of the molecule is Cc1cc(-c2ccc(F)cc2C)ccc1N. The summed E-state index contributed by atoms with van der Waals surface area (Å²) in [5.74, 6) is -0.201. The van der Waals surface area contributed by atoms with E-state index < -0.39 is 0 Å². The first-order valence-electron chi connectivity index (χ1n) is 5.20. The van der Waals surface area contributed by atoms with Crippen LogP contribution >= 0.6 is 0 Å². The predicted molar refractivity (Wildman–Crippen MR) is 65.7 cm³/mol. The number of rotatable bonds is 1. The van der Waals surface area contributed by atoms with Gasteiger partial charge in [-0.05, 0) is 60.4 Å². The molecule has 0 aliphatic rings. The van der Waals surface area contributed by atoms with Crippen molar-refractivity contribution in [2.45, 2.75) is 13.8 Å². The van der Waals surface area contributed by atoms with Crippen molar-refractivity contribution in [2.24, 2.45) is 0 Å². The third-order valence-corrected chi connectivity index (χ3v) is 2.77. The molecule has 0 aromatic heterocycles. The summed E-state index contributed by atoms with van der Waals surface area (Å²) in [5.41, 5.74) is 10.6. The van der Waals surface area contributed by atoms with Crippen molar-refractivity contribution in [1.29, 1.82) is 0 Å². The van der Waals surface area contributed by atoms with Gasteiger partial charge in [0.2, 0.25) is 0 Å². The zero-order valence-electron chi connectivity index (χ0n) is 9.42. The van der Waals surface area contributed by atoms with E-state index in [4.69, 9.17) is 5.73 Å². The molecule has 0 spiro atoms. The Kier molecular flexibility index (Phi) is 2.65. The molecule has 82 valence electrons. The Morgan fingerprint density at radius 2 is 1.69 bits per heavy atom. The van der Waals surface area contributed by atoms with E-state index in [0.717, 1.165) is 27.9 Å². The normalized spacial score (nSPS) is 10.4. The van der Waals surface area contributed by atoms with Crippen molar-refractivity contribution < 1.29 is 4.39 Å². The fourth-order valence-electron chi connectivity index (χ4n) is 1.79. The van der Waals surface area contributed by atoms with Gasteiger partial charge in [0, 0.05) is 5.69 Å². The van der Waals surface area contributed by atoms with Crippen LogP contribution in [-0.4, -0.2) is 0 Å². The largest absolute Gasteiger partial charge is 0.399 e. The second-order valence-corrected chi connectivity index (χ2v) is 4.03. The Morgan fingerprint density at radius 1 is 0.938 bits per heavy atom. The highest BCUT2D eigenvalue weighted by molar-refractivity contribution is 5.70. The third kappa shape index (κ3) is 1.91. The maximum atomic E-state index is 13.0. The molecule has 2 aromatic carbocycles. The Balaban J connectivity index is 2.54. The second kappa shape index (κ2) is 3.97. The van der Waals surface area contributed by atoms with Crippen molar-refractivity contribution in [3.63, 3.8) is 0 Å². The number of hydrogen-bond donors (Lipinski definition) is 1. The molecule has 2 rings (SSSR count). The smallest absolute Gasteiger partial charge is 0.123 e. The van der Waals surface area contributed by atoms with E-state index in [0.29, 0.717) is 0 Å². The lowest BCUT2D eigenvalue weighted by Gasteiger charge is -2.08. The molecule has 0 radical (unpaired) electrons. The van der Waals surface area contributed by atoms with Gasteiger partial charge in [0.1, 0.15) is 5.82 Å². The summed E-state index contributed by atoms with van der Waals surface area (Å²) in [6.07, 6.45) is 0. The molecular weight excluding hydrogens is 201 g/mol. The number of nitrogen functional groups attached to an aromatic ring is 1. The summed E-state index contributed by atoms with van der Waals surface area (Å²) in [5, 5.41) is 0. The molecule has 0 unspecified atom stereocenters. The van der Waals surface area contributed by atoms with E-state index in [2.05, 4.69) is 0 Å². The topological polar surface area (TPSA) is 26.0 Å². The zero-order chi connectivity index (χ0) is 11.7. The van der Waals surface area contributed by atoms with Crippen LogP contribution in [0.25, 0.3) is 11.1 Å². The van der Waals surface area contributed by atoms with Crippen LogP contribution in [0.3, 0.4) is 0 Å². The highest BCUT2D eigenvalue weighted by atomic mass is 19.1. The van der Waals surface area contributed by atoms with Crippen LogP contribution in [-0.2, 0) is 0 Å². The van der Waals surface area contributed by atoms with E-state index in [1.807, 2.05) is 32.0 Å². The van der Waals surface area contributed by atoms with E-state index in [9.17, 15) is 4.39 Å². The minimum absolute atomic E-state index is 0.201. The van der Waals surface area contributed by atoms with Gasteiger partial charge in [-0.2, -0.15) is 0 Å². The molecule has 2 N–H and O–H groups in total. The molecule has 0 fully saturated rings. The Labute approximate surface area is 94.7 Å². The number of anilines is 1. The minimum Gasteiger partial charge on any atom is -0.399 e. The summed E-state index contributed by atoms with van der Waals surface area (Å²) in [4.78, 5) is 0. The lowest BCUT2D eigenvalue weighted by molar-refractivity contribution is 0.627. The average molecular weight is 215 g/mol. The summed E-state index contributed by atoms with van der Waals surface area (Å²) in [6, 6.07) is 10.7. The highest BCUT2D eigenvalue weighted by Gasteiger charge is 2.04. The molecule has 2 heteroatoms. The van der Waals surface area contributed by atoms with E-state index in [-0.39, 0.29) is 5.82 Å². The maximum absolute atomic E-state index is 13.0. The van der Waals surface area contributed by atoms with Gasteiger partial charge < -0.3 is 5.73 Å². The van der Waals surface area contributed by atoms with Crippen molar-refractivity contribution in [1.82, 2.24) is 0 Å². The lowest BCUT2D eigenvalue weighted by atomic mass is 9.98. The molecule has 0 aliphatic carbocycles. The average Bonchev–Trinajstić information content (AvgIpc) is 2.22. The first-order chi connectivity index (χ1) is 7.58. The van der Waals surface area contributed by atoms with Crippen LogP contribution < -0.4 is 5.73 Å². The van der Waals surface area contributed by atoms with Crippen LogP contribution in [0.1, 0.15) is 11.1 Å². The Morgan fingerprint density at radius 3 is 2.31 bits per heavy atom. The van der Waals surface area contributed by atoms with Gasteiger partial charge in [-0.3, -0.25) is 0 Å². The van der Waals surface area contributed by atoms with Gasteiger partial charge in [-0.25, -0.2) is 4.39 Å². The van der Waals surface area contributed by atoms with Crippen molar-refractivity contribution in [3.8, 4) is 11.1 Å². The number of hydrogen-bond acceptors (Lipinski definition) is 1. The molecule has 0 saturated heterocycles. The molecule has 1 nitrogen and oxygen atoms in total. The first-order valence-corrected chi connectivity index (χ1v) is 5.20. The molecule has 0 saturated carbocycles. The van der Waals surface area contributed by atoms with Crippen LogP contribution in [0.4, 0.5) is 10.1 Å². The molecule has 0 amide bonds. The quantitative estimate of drug-likeness (QED) is 0.721. The summed E-state index contributed by atoms with van der Waals surface area (Å²) >= 11 is 0. The molecule has 0 heterocycles. The van der Waals surface area contributed by atoms with Crippen molar-refractivity contribution in [3.05, 3.63) is 53.3 Å². The second-order valence-electron chi connectivity index (χ2n) is 4.03.